The zero-order chi connectivity index (χ0) is 16.4. The number of hydrogen-bond donors (Lipinski definition) is 0. The number of hydrogen-bond acceptors (Lipinski definition) is 4. The van der Waals surface area contributed by atoms with E-state index in [0.29, 0.717) is 23.3 Å². The van der Waals surface area contributed by atoms with Crippen LogP contribution in [-0.2, 0) is 16.1 Å². The van der Waals surface area contributed by atoms with Gasteiger partial charge in [0.2, 0.25) is 5.91 Å². The van der Waals surface area contributed by atoms with Crippen molar-refractivity contribution in [1.29, 1.82) is 5.26 Å². The standard InChI is InChI=1S/C15H18BrN3O3/c1-9-6-18(7-10(2)22-9)14(20)8-19-11(3)13(16)4-12(5-17)15(19)21/h4,9-10H,6-8H2,1-3H3. The number of pyridine rings is 1. The fourth-order valence-electron chi connectivity index (χ4n) is 2.61. The summed E-state index contributed by atoms with van der Waals surface area (Å²) in [5.74, 6) is -0.144. The third kappa shape index (κ3) is 3.39. The molecule has 0 aromatic carbocycles. The van der Waals surface area contributed by atoms with E-state index in [1.54, 1.807) is 11.8 Å². The number of aromatic nitrogens is 1. The monoisotopic (exact) mass is 367 g/mol. The van der Waals surface area contributed by atoms with Crippen LogP contribution in [0.15, 0.2) is 15.3 Å². The Kier molecular flexibility index (Phi) is 5.04. The van der Waals surface area contributed by atoms with Crippen LogP contribution < -0.4 is 5.56 Å². The Morgan fingerprint density at radius 1 is 1.45 bits per heavy atom. The molecule has 1 aromatic heterocycles. The van der Waals surface area contributed by atoms with Crippen molar-refractivity contribution in [3.05, 3.63) is 32.2 Å². The molecule has 2 rings (SSSR count). The predicted octanol–water partition coefficient (Wildman–Crippen LogP) is 1.43. The zero-order valence-corrected chi connectivity index (χ0v) is 14.4. The molecule has 118 valence electrons. The van der Waals surface area contributed by atoms with Gasteiger partial charge in [-0.25, -0.2) is 0 Å². The van der Waals surface area contributed by atoms with Crippen molar-refractivity contribution in [3.63, 3.8) is 0 Å². The Labute approximate surface area is 137 Å². The molecule has 1 aromatic rings. The molecular weight excluding hydrogens is 350 g/mol. The van der Waals surface area contributed by atoms with E-state index in [0.717, 1.165) is 0 Å². The summed E-state index contributed by atoms with van der Waals surface area (Å²) < 4.78 is 7.59. The van der Waals surface area contributed by atoms with E-state index in [2.05, 4.69) is 15.9 Å². The highest BCUT2D eigenvalue weighted by molar-refractivity contribution is 9.10. The van der Waals surface area contributed by atoms with Gasteiger partial charge in [-0.2, -0.15) is 5.26 Å². The molecule has 2 heterocycles. The summed E-state index contributed by atoms with van der Waals surface area (Å²) in [5.41, 5.74) is 0.214. The van der Waals surface area contributed by atoms with Crippen LogP contribution in [0.2, 0.25) is 0 Å². The summed E-state index contributed by atoms with van der Waals surface area (Å²) in [4.78, 5) is 26.4. The Morgan fingerprint density at radius 2 is 2.05 bits per heavy atom. The van der Waals surface area contributed by atoms with Gasteiger partial charge in [0.1, 0.15) is 18.2 Å². The van der Waals surface area contributed by atoms with E-state index in [1.165, 1.54) is 10.6 Å². The molecule has 7 heteroatoms. The second-order valence-electron chi connectivity index (χ2n) is 5.55. The highest BCUT2D eigenvalue weighted by Crippen LogP contribution is 2.16. The average Bonchev–Trinajstić information content (AvgIpc) is 2.46. The molecule has 1 amide bonds. The van der Waals surface area contributed by atoms with E-state index in [1.807, 2.05) is 19.9 Å². The predicted molar refractivity (Wildman–Crippen MR) is 84.4 cm³/mol. The Morgan fingerprint density at radius 3 is 2.59 bits per heavy atom. The molecule has 1 saturated heterocycles. The number of halogens is 1. The maximum Gasteiger partial charge on any atom is 0.269 e. The first kappa shape index (κ1) is 16.7. The Balaban J connectivity index is 2.27. The van der Waals surface area contributed by atoms with Crippen LogP contribution in [0, 0.1) is 18.3 Å². The van der Waals surface area contributed by atoms with Crippen molar-refractivity contribution in [2.75, 3.05) is 13.1 Å². The topological polar surface area (TPSA) is 75.3 Å². The lowest BCUT2D eigenvalue weighted by atomic mass is 10.2. The van der Waals surface area contributed by atoms with Gasteiger partial charge >= 0.3 is 0 Å². The summed E-state index contributed by atoms with van der Waals surface area (Å²) in [6.07, 6.45) is -0.0506. The molecule has 0 bridgehead atoms. The molecule has 22 heavy (non-hydrogen) atoms. The van der Waals surface area contributed by atoms with E-state index in [-0.39, 0.29) is 30.2 Å². The SMILES string of the molecule is Cc1c(Br)cc(C#N)c(=O)n1CC(=O)N1CC(C)OC(C)C1. The van der Waals surface area contributed by atoms with Gasteiger partial charge in [0, 0.05) is 23.3 Å². The highest BCUT2D eigenvalue weighted by atomic mass is 79.9. The molecule has 1 aliphatic heterocycles. The molecule has 0 aliphatic carbocycles. The van der Waals surface area contributed by atoms with Gasteiger partial charge < -0.3 is 14.2 Å². The van der Waals surface area contributed by atoms with Crippen molar-refractivity contribution < 1.29 is 9.53 Å². The largest absolute Gasteiger partial charge is 0.372 e. The number of carbonyl (C=O) groups excluding carboxylic acids is 1. The number of amides is 1. The first-order valence-corrected chi connectivity index (χ1v) is 7.86. The number of nitrogens with zero attached hydrogens (tertiary/aromatic N) is 3. The van der Waals surface area contributed by atoms with Gasteiger partial charge in [0.25, 0.3) is 5.56 Å². The number of rotatable bonds is 2. The van der Waals surface area contributed by atoms with Crippen LogP contribution in [0.1, 0.15) is 25.1 Å². The van der Waals surface area contributed by atoms with Crippen molar-refractivity contribution >= 4 is 21.8 Å². The third-order valence-corrected chi connectivity index (χ3v) is 4.49. The molecule has 0 radical (unpaired) electrons. The summed E-state index contributed by atoms with van der Waals surface area (Å²) in [5, 5.41) is 9.01. The number of ether oxygens (including phenoxy) is 1. The second kappa shape index (κ2) is 6.63. The van der Waals surface area contributed by atoms with Crippen molar-refractivity contribution in [2.24, 2.45) is 0 Å². The maximum atomic E-state index is 12.5. The van der Waals surface area contributed by atoms with Crippen LogP contribution in [0.25, 0.3) is 0 Å². The van der Waals surface area contributed by atoms with E-state index in [9.17, 15) is 9.59 Å². The second-order valence-corrected chi connectivity index (χ2v) is 6.40. The lowest BCUT2D eigenvalue weighted by Crippen LogP contribution is -2.49. The first-order valence-electron chi connectivity index (χ1n) is 7.06. The average molecular weight is 368 g/mol. The summed E-state index contributed by atoms with van der Waals surface area (Å²) >= 11 is 3.32. The molecule has 0 saturated carbocycles. The lowest BCUT2D eigenvalue weighted by molar-refractivity contribution is -0.143. The van der Waals surface area contributed by atoms with Crippen LogP contribution in [0.4, 0.5) is 0 Å². The molecule has 1 aliphatic rings. The van der Waals surface area contributed by atoms with Crippen LogP contribution in [0.3, 0.4) is 0 Å². The summed E-state index contributed by atoms with van der Waals surface area (Å²) in [6.45, 7) is 6.52. The highest BCUT2D eigenvalue weighted by Gasteiger charge is 2.26. The molecule has 2 atom stereocenters. The van der Waals surface area contributed by atoms with Crippen molar-refractivity contribution in [1.82, 2.24) is 9.47 Å². The van der Waals surface area contributed by atoms with Gasteiger partial charge in [-0.3, -0.25) is 9.59 Å². The van der Waals surface area contributed by atoms with E-state index < -0.39 is 5.56 Å². The maximum absolute atomic E-state index is 12.5. The van der Waals surface area contributed by atoms with Gasteiger partial charge in [-0.1, -0.05) is 0 Å². The van der Waals surface area contributed by atoms with Crippen LogP contribution in [-0.4, -0.2) is 40.7 Å². The summed E-state index contributed by atoms with van der Waals surface area (Å²) in [7, 11) is 0. The summed E-state index contributed by atoms with van der Waals surface area (Å²) in [6, 6.07) is 3.35. The van der Waals surface area contributed by atoms with Gasteiger partial charge in [0.05, 0.1) is 12.2 Å². The van der Waals surface area contributed by atoms with Gasteiger partial charge in [0.15, 0.2) is 0 Å². The number of morpholine rings is 1. The Hall–Kier alpha value is -1.65. The van der Waals surface area contributed by atoms with Crippen LogP contribution >= 0.6 is 15.9 Å². The first-order chi connectivity index (χ1) is 10.3. The molecular formula is C15H18BrN3O3. The fraction of sp³-hybridized carbons (Fsp3) is 0.533. The van der Waals surface area contributed by atoms with Crippen molar-refractivity contribution in [2.45, 2.75) is 39.5 Å². The third-order valence-electron chi connectivity index (χ3n) is 3.68. The Bertz CT molecular complexity index is 682. The molecule has 2 unspecified atom stereocenters. The minimum atomic E-state index is -0.439. The van der Waals surface area contributed by atoms with E-state index >= 15 is 0 Å². The molecule has 0 N–H and O–H groups in total. The van der Waals surface area contributed by atoms with Crippen molar-refractivity contribution in [3.8, 4) is 6.07 Å². The fourth-order valence-corrected chi connectivity index (χ4v) is 3.05. The minimum absolute atomic E-state index is 0.0222. The zero-order valence-electron chi connectivity index (χ0n) is 12.8. The smallest absolute Gasteiger partial charge is 0.269 e. The molecule has 1 fully saturated rings. The van der Waals surface area contributed by atoms with Gasteiger partial charge in [-0.15, -0.1) is 0 Å². The van der Waals surface area contributed by atoms with E-state index in [4.69, 9.17) is 10.00 Å². The molecule has 0 spiro atoms. The quantitative estimate of drug-likeness (QED) is 0.792. The van der Waals surface area contributed by atoms with Gasteiger partial charge in [-0.05, 0) is 42.8 Å². The number of carbonyl (C=O) groups is 1. The number of nitriles is 1. The minimum Gasteiger partial charge on any atom is -0.372 e. The normalized spacial score (nSPS) is 21.5. The molecule has 6 nitrogen and oxygen atoms in total. The lowest BCUT2D eigenvalue weighted by Gasteiger charge is -2.35. The van der Waals surface area contributed by atoms with Crippen LogP contribution in [0.5, 0.6) is 0 Å².